The number of hydrogen-bond donors (Lipinski definition) is 2. The van der Waals surface area contributed by atoms with Crippen molar-refractivity contribution in [2.24, 2.45) is 0 Å². The molecule has 18 heavy (non-hydrogen) atoms. The van der Waals surface area contributed by atoms with Gasteiger partial charge in [-0.2, -0.15) is 0 Å². The monoisotopic (exact) mass is 257 g/mol. The first-order chi connectivity index (χ1) is 8.41. The smallest absolute Gasteiger partial charge is 0.326 e. The number of nitrogens with zero attached hydrogens (tertiary/aromatic N) is 2. The van der Waals surface area contributed by atoms with E-state index in [9.17, 15) is 9.59 Å². The summed E-state index contributed by atoms with van der Waals surface area (Å²) < 4.78 is 0. The van der Waals surface area contributed by atoms with Crippen LogP contribution in [0.3, 0.4) is 0 Å². The standard InChI is InChI=1S/C12H23N3O3/c1-9(6-8-14(2)3)13-12(18)15-7-4-5-10(15)11(16)17/h9-10H,4-8H2,1-3H3,(H,13,18)(H,16,17). The Morgan fingerprint density at radius 3 is 2.72 bits per heavy atom. The lowest BCUT2D eigenvalue weighted by atomic mass is 10.2. The number of urea groups is 1. The molecule has 1 aliphatic rings. The summed E-state index contributed by atoms with van der Waals surface area (Å²) in [5, 5.41) is 11.9. The lowest BCUT2D eigenvalue weighted by molar-refractivity contribution is -0.141. The number of nitrogens with one attached hydrogen (secondary N) is 1. The van der Waals surface area contributed by atoms with Crippen LogP contribution < -0.4 is 5.32 Å². The van der Waals surface area contributed by atoms with Crippen molar-refractivity contribution in [3.8, 4) is 0 Å². The van der Waals surface area contributed by atoms with Gasteiger partial charge in [0.05, 0.1) is 0 Å². The number of rotatable bonds is 5. The highest BCUT2D eigenvalue weighted by atomic mass is 16.4. The van der Waals surface area contributed by atoms with Gasteiger partial charge in [0.25, 0.3) is 0 Å². The summed E-state index contributed by atoms with van der Waals surface area (Å²) in [6.45, 7) is 3.36. The number of carbonyl (C=O) groups excluding carboxylic acids is 1. The Kier molecular flexibility index (Phi) is 5.40. The van der Waals surface area contributed by atoms with Crippen molar-refractivity contribution in [3.05, 3.63) is 0 Å². The Labute approximate surface area is 108 Å². The molecular weight excluding hydrogens is 234 g/mol. The summed E-state index contributed by atoms with van der Waals surface area (Å²) in [6, 6.07) is -0.868. The highest BCUT2D eigenvalue weighted by molar-refractivity contribution is 5.83. The second kappa shape index (κ2) is 6.58. The van der Waals surface area contributed by atoms with Gasteiger partial charge in [-0.25, -0.2) is 9.59 Å². The van der Waals surface area contributed by atoms with E-state index in [-0.39, 0.29) is 12.1 Å². The Hall–Kier alpha value is -1.30. The number of aliphatic carboxylic acids is 1. The zero-order valence-corrected chi connectivity index (χ0v) is 11.3. The molecule has 0 aromatic carbocycles. The molecule has 2 amide bonds. The molecule has 0 aromatic rings. The van der Waals surface area contributed by atoms with E-state index in [1.165, 1.54) is 4.90 Å². The number of hydrogen-bond acceptors (Lipinski definition) is 3. The zero-order valence-electron chi connectivity index (χ0n) is 11.3. The summed E-state index contributed by atoms with van der Waals surface area (Å²) in [4.78, 5) is 26.4. The molecule has 0 radical (unpaired) electrons. The van der Waals surface area contributed by atoms with Gasteiger partial charge in [-0.05, 0) is 46.8 Å². The lowest BCUT2D eigenvalue weighted by Gasteiger charge is -2.24. The highest BCUT2D eigenvalue weighted by Gasteiger charge is 2.34. The summed E-state index contributed by atoms with van der Waals surface area (Å²) in [6.07, 6.45) is 2.16. The minimum atomic E-state index is -0.913. The van der Waals surface area contributed by atoms with E-state index >= 15 is 0 Å². The first-order valence-electron chi connectivity index (χ1n) is 6.36. The Morgan fingerprint density at radius 2 is 2.17 bits per heavy atom. The van der Waals surface area contributed by atoms with Crippen LogP contribution in [-0.4, -0.2) is 66.2 Å². The van der Waals surface area contributed by atoms with Crippen LogP contribution in [0, 0.1) is 0 Å². The van der Waals surface area contributed by atoms with E-state index in [0.29, 0.717) is 13.0 Å². The fourth-order valence-electron chi connectivity index (χ4n) is 2.08. The first-order valence-corrected chi connectivity index (χ1v) is 6.36. The molecule has 104 valence electrons. The van der Waals surface area contributed by atoms with Gasteiger partial charge in [0.15, 0.2) is 0 Å². The highest BCUT2D eigenvalue weighted by Crippen LogP contribution is 2.17. The van der Waals surface area contributed by atoms with Gasteiger partial charge in [-0.1, -0.05) is 0 Å². The molecule has 1 fully saturated rings. The van der Waals surface area contributed by atoms with E-state index in [1.54, 1.807) is 0 Å². The molecule has 0 saturated carbocycles. The molecule has 1 aliphatic heterocycles. The average molecular weight is 257 g/mol. The summed E-state index contributed by atoms with van der Waals surface area (Å²) >= 11 is 0. The normalized spacial score (nSPS) is 21.1. The molecule has 0 spiro atoms. The molecule has 6 nitrogen and oxygen atoms in total. The van der Waals surface area contributed by atoms with Gasteiger partial charge < -0.3 is 20.2 Å². The van der Waals surface area contributed by atoms with Crippen LogP contribution in [-0.2, 0) is 4.79 Å². The fraction of sp³-hybridized carbons (Fsp3) is 0.833. The van der Waals surface area contributed by atoms with Gasteiger partial charge >= 0.3 is 12.0 Å². The molecule has 6 heteroatoms. The maximum atomic E-state index is 12.0. The van der Waals surface area contributed by atoms with Crippen molar-refractivity contribution >= 4 is 12.0 Å². The van der Waals surface area contributed by atoms with Crippen molar-refractivity contribution in [3.63, 3.8) is 0 Å². The number of likely N-dealkylation sites (tertiary alicyclic amines) is 1. The third-order valence-corrected chi connectivity index (χ3v) is 3.18. The van der Waals surface area contributed by atoms with E-state index in [0.717, 1.165) is 19.4 Å². The van der Waals surface area contributed by atoms with E-state index in [2.05, 4.69) is 10.2 Å². The molecule has 0 bridgehead atoms. The fourth-order valence-corrected chi connectivity index (χ4v) is 2.08. The predicted molar refractivity (Wildman–Crippen MR) is 68.5 cm³/mol. The van der Waals surface area contributed by atoms with E-state index in [1.807, 2.05) is 21.0 Å². The second-order valence-electron chi connectivity index (χ2n) is 5.13. The molecular formula is C12H23N3O3. The molecule has 0 aromatic heterocycles. The Morgan fingerprint density at radius 1 is 1.50 bits per heavy atom. The van der Waals surface area contributed by atoms with E-state index < -0.39 is 12.0 Å². The maximum absolute atomic E-state index is 12.0. The Balaban J connectivity index is 2.42. The number of carboxylic acid groups (broad SMARTS) is 1. The van der Waals surface area contributed by atoms with Gasteiger partial charge in [0.2, 0.25) is 0 Å². The molecule has 2 unspecified atom stereocenters. The van der Waals surface area contributed by atoms with Crippen molar-refractivity contribution in [2.75, 3.05) is 27.2 Å². The van der Waals surface area contributed by atoms with Gasteiger partial charge in [0, 0.05) is 12.6 Å². The Bertz CT molecular complexity index is 307. The van der Waals surface area contributed by atoms with Gasteiger partial charge in [-0.15, -0.1) is 0 Å². The van der Waals surface area contributed by atoms with Gasteiger partial charge in [-0.3, -0.25) is 0 Å². The van der Waals surface area contributed by atoms with Crippen molar-refractivity contribution in [1.82, 2.24) is 15.1 Å². The quantitative estimate of drug-likeness (QED) is 0.756. The third kappa shape index (κ3) is 4.18. The molecule has 2 atom stereocenters. The van der Waals surface area contributed by atoms with Crippen molar-refractivity contribution in [2.45, 2.75) is 38.3 Å². The van der Waals surface area contributed by atoms with Crippen molar-refractivity contribution in [1.29, 1.82) is 0 Å². The number of carbonyl (C=O) groups is 2. The first kappa shape index (κ1) is 14.8. The van der Waals surface area contributed by atoms with Crippen LogP contribution in [0.4, 0.5) is 4.79 Å². The van der Waals surface area contributed by atoms with E-state index in [4.69, 9.17) is 5.11 Å². The third-order valence-electron chi connectivity index (χ3n) is 3.18. The average Bonchev–Trinajstić information content (AvgIpc) is 2.75. The largest absolute Gasteiger partial charge is 0.480 e. The van der Waals surface area contributed by atoms with Crippen LogP contribution in [0.25, 0.3) is 0 Å². The second-order valence-corrected chi connectivity index (χ2v) is 5.13. The lowest BCUT2D eigenvalue weighted by Crippen LogP contribution is -2.48. The molecule has 1 heterocycles. The zero-order chi connectivity index (χ0) is 13.7. The molecule has 1 saturated heterocycles. The van der Waals surface area contributed by atoms with Crippen LogP contribution in [0.15, 0.2) is 0 Å². The topological polar surface area (TPSA) is 72.9 Å². The summed E-state index contributed by atoms with van der Waals surface area (Å²) in [7, 11) is 3.96. The van der Waals surface area contributed by atoms with Crippen molar-refractivity contribution < 1.29 is 14.7 Å². The number of amides is 2. The van der Waals surface area contributed by atoms with Crippen LogP contribution in [0.5, 0.6) is 0 Å². The summed E-state index contributed by atoms with van der Waals surface area (Å²) in [5.74, 6) is -0.913. The van der Waals surface area contributed by atoms with Gasteiger partial charge in [0.1, 0.15) is 6.04 Å². The minimum absolute atomic E-state index is 0.0509. The molecule has 0 aliphatic carbocycles. The predicted octanol–water partition coefficient (Wildman–Crippen LogP) is 0.585. The maximum Gasteiger partial charge on any atom is 0.326 e. The van der Waals surface area contributed by atoms with Crippen LogP contribution in [0.2, 0.25) is 0 Å². The minimum Gasteiger partial charge on any atom is -0.480 e. The number of carboxylic acids is 1. The SMILES string of the molecule is CC(CCN(C)C)NC(=O)N1CCCC1C(=O)O. The van der Waals surface area contributed by atoms with Crippen LogP contribution in [0.1, 0.15) is 26.2 Å². The van der Waals surface area contributed by atoms with Crippen LogP contribution >= 0.6 is 0 Å². The molecule has 2 N–H and O–H groups in total. The molecule has 1 rings (SSSR count). The summed E-state index contributed by atoms with van der Waals surface area (Å²) in [5.41, 5.74) is 0.